The van der Waals surface area contributed by atoms with Gasteiger partial charge >= 0.3 is 5.97 Å². The van der Waals surface area contributed by atoms with Gasteiger partial charge in [0.05, 0.1) is 4.90 Å². The maximum atomic E-state index is 12.6. The van der Waals surface area contributed by atoms with E-state index in [0.717, 1.165) is 49.4 Å². The van der Waals surface area contributed by atoms with Crippen LogP contribution in [0, 0.1) is 23.7 Å². The number of nitrogens with one attached hydrogen (secondary N) is 1. The Balaban J connectivity index is 1.36. The third kappa shape index (κ3) is 8.20. The second-order valence-electron chi connectivity index (χ2n) is 10.5. The molecule has 34 heavy (non-hydrogen) atoms. The van der Waals surface area contributed by atoms with Crippen molar-refractivity contribution in [3.8, 4) is 0 Å². The predicted octanol–water partition coefficient (Wildman–Crippen LogP) is 6.63. The summed E-state index contributed by atoms with van der Waals surface area (Å²) in [6.45, 7) is 6.71. The van der Waals surface area contributed by atoms with Crippen LogP contribution >= 0.6 is 15.9 Å². The molecule has 5 atom stereocenters. The highest BCUT2D eigenvalue weighted by Gasteiger charge is 2.33. The van der Waals surface area contributed by atoms with Crippen LogP contribution in [0.4, 0.5) is 0 Å². The Kier molecular flexibility index (Phi) is 10.2. The van der Waals surface area contributed by atoms with Crippen LogP contribution in [0.1, 0.15) is 78.6 Å². The molecule has 2 aliphatic carbocycles. The molecule has 0 aliphatic heterocycles. The standard InChI is InChI=1S/C27H40BrNO4S/c1-19(2)25-16-9-20(3)17-26(25)33-27(30)8-6-4-5-7-21-10-13-23(18-21)29-34(31,32)24-14-11-22(28)12-15-24/h5,7,11-12,14-15,19-21,23,25-26,29H,4,6,8-10,13,16-18H2,1-3H3/b7-5-. The third-order valence-corrected chi connectivity index (χ3v) is 9.39. The number of esters is 1. The number of halogens is 1. The highest BCUT2D eigenvalue weighted by molar-refractivity contribution is 9.10. The minimum Gasteiger partial charge on any atom is -0.462 e. The number of hydrogen-bond donors (Lipinski definition) is 1. The first kappa shape index (κ1) is 27.4. The molecule has 3 rings (SSSR count). The van der Waals surface area contributed by atoms with E-state index < -0.39 is 10.0 Å². The number of carbonyl (C=O) groups excluding carboxylic acids is 1. The van der Waals surface area contributed by atoms with Gasteiger partial charge in [-0.2, -0.15) is 0 Å². The number of benzene rings is 1. The normalized spacial score (nSPS) is 28.0. The summed E-state index contributed by atoms with van der Waals surface area (Å²) in [7, 11) is -3.49. The molecule has 0 spiro atoms. The van der Waals surface area contributed by atoms with E-state index in [1.54, 1.807) is 24.3 Å². The van der Waals surface area contributed by atoms with E-state index in [9.17, 15) is 13.2 Å². The molecule has 0 bridgehead atoms. The van der Waals surface area contributed by atoms with Gasteiger partial charge in [0.15, 0.2) is 0 Å². The van der Waals surface area contributed by atoms with Gasteiger partial charge in [0.25, 0.3) is 0 Å². The van der Waals surface area contributed by atoms with Crippen LogP contribution < -0.4 is 4.72 Å². The van der Waals surface area contributed by atoms with Crippen molar-refractivity contribution in [2.24, 2.45) is 23.7 Å². The van der Waals surface area contributed by atoms with E-state index >= 15 is 0 Å². The zero-order chi connectivity index (χ0) is 24.7. The van der Waals surface area contributed by atoms with Crippen LogP contribution in [0.25, 0.3) is 0 Å². The molecule has 1 aromatic rings. The number of unbranched alkanes of at least 4 members (excludes halogenated alkanes) is 1. The van der Waals surface area contributed by atoms with Crippen LogP contribution in [0.2, 0.25) is 0 Å². The van der Waals surface area contributed by atoms with Crippen LogP contribution in [0.3, 0.4) is 0 Å². The van der Waals surface area contributed by atoms with Crippen molar-refractivity contribution in [1.29, 1.82) is 0 Å². The van der Waals surface area contributed by atoms with Crippen molar-refractivity contribution < 1.29 is 17.9 Å². The SMILES string of the molecule is CC1CCC(C(C)C)C(OC(=O)CCC/C=C\C2CCC(NS(=O)(=O)c3ccc(Br)cc3)C2)C1. The smallest absolute Gasteiger partial charge is 0.306 e. The molecular formula is C27H40BrNO4S. The van der Waals surface area contributed by atoms with Crippen LogP contribution in [0.15, 0.2) is 45.8 Å². The quantitative estimate of drug-likeness (QED) is 0.200. The van der Waals surface area contributed by atoms with E-state index in [-0.39, 0.29) is 18.1 Å². The van der Waals surface area contributed by atoms with Crippen molar-refractivity contribution in [2.75, 3.05) is 0 Å². The number of ether oxygens (including phenoxy) is 1. The van der Waals surface area contributed by atoms with Crippen molar-refractivity contribution >= 4 is 31.9 Å². The second-order valence-corrected chi connectivity index (χ2v) is 13.1. The summed E-state index contributed by atoms with van der Waals surface area (Å²) >= 11 is 3.33. The lowest BCUT2D eigenvalue weighted by Gasteiger charge is -2.36. The summed E-state index contributed by atoms with van der Waals surface area (Å²) < 4.78 is 34.8. The molecule has 5 unspecified atom stereocenters. The lowest BCUT2D eigenvalue weighted by atomic mass is 9.75. The highest BCUT2D eigenvalue weighted by atomic mass is 79.9. The minimum atomic E-state index is -3.49. The van der Waals surface area contributed by atoms with Gasteiger partial charge in [-0.25, -0.2) is 13.1 Å². The number of rotatable bonds is 10. The van der Waals surface area contributed by atoms with Gasteiger partial charge in [-0.3, -0.25) is 4.79 Å². The molecule has 2 fully saturated rings. The first-order valence-corrected chi connectivity index (χ1v) is 15.1. The van der Waals surface area contributed by atoms with Crippen LogP contribution in [-0.4, -0.2) is 26.5 Å². The topological polar surface area (TPSA) is 72.5 Å². The van der Waals surface area contributed by atoms with Crippen molar-refractivity contribution in [2.45, 2.75) is 95.6 Å². The van der Waals surface area contributed by atoms with Gasteiger partial charge in [-0.05, 0) is 92.9 Å². The largest absolute Gasteiger partial charge is 0.462 e. The monoisotopic (exact) mass is 553 g/mol. The molecule has 0 heterocycles. The Labute approximate surface area is 214 Å². The summed E-state index contributed by atoms with van der Waals surface area (Å²) in [5.74, 6) is 1.96. The Morgan fingerprint density at radius 1 is 1.15 bits per heavy atom. The van der Waals surface area contributed by atoms with Gasteiger partial charge in [0.1, 0.15) is 6.10 Å². The predicted molar refractivity (Wildman–Crippen MR) is 140 cm³/mol. The molecule has 0 aromatic heterocycles. The van der Waals surface area contributed by atoms with Crippen LogP contribution in [-0.2, 0) is 19.6 Å². The van der Waals surface area contributed by atoms with Gasteiger partial charge in [-0.1, -0.05) is 55.3 Å². The average Bonchev–Trinajstić information content (AvgIpc) is 3.20. The fourth-order valence-corrected chi connectivity index (χ4v) is 6.88. The lowest BCUT2D eigenvalue weighted by molar-refractivity contribution is -0.156. The molecule has 1 N–H and O–H groups in total. The van der Waals surface area contributed by atoms with E-state index in [1.807, 2.05) is 0 Å². The van der Waals surface area contributed by atoms with Gasteiger partial charge in [0.2, 0.25) is 10.0 Å². The molecule has 1 aromatic carbocycles. The highest BCUT2D eigenvalue weighted by Crippen LogP contribution is 2.35. The molecule has 2 aliphatic rings. The summed E-state index contributed by atoms with van der Waals surface area (Å²) in [6.07, 6.45) is 12.5. The number of hydrogen-bond acceptors (Lipinski definition) is 4. The van der Waals surface area contributed by atoms with E-state index in [2.05, 4.69) is 53.6 Å². The summed E-state index contributed by atoms with van der Waals surface area (Å²) in [6, 6.07) is 6.67. The maximum Gasteiger partial charge on any atom is 0.306 e. The average molecular weight is 555 g/mol. The molecular weight excluding hydrogens is 514 g/mol. The third-order valence-electron chi connectivity index (χ3n) is 7.32. The molecule has 0 saturated heterocycles. The van der Waals surface area contributed by atoms with Crippen molar-refractivity contribution in [3.63, 3.8) is 0 Å². The number of allylic oxidation sites excluding steroid dienone is 2. The second kappa shape index (κ2) is 12.7. The molecule has 7 heteroatoms. The first-order valence-electron chi connectivity index (χ1n) is 12.8. The zero-order valence-electron chi connectivity index (χ0n) is 20.7. The first-order chi connectivity index (χ1) is 16.1. The van der Waals surface area contributed by atoms with Crippen molar-refractivity contribution in [1.82, 2.24) is 4.72 Å². The molecule has 190 valence electrons. The Morgan fingerprint density at radius 3 is 2.59 bits per heavy atom. The zero-order valence-corrected chi connectivity index (χ0v) is 23.1. The van der Waals surface area contributed by atoms with E-state index in [4.69, 9.17) is 4.74 Å². The Hall–Kier alpha value is -1.18. The maximum absolute atomic E-state index is 12.6. The minimum absolute atomic E-state index is 0.0370. The molecule has 5 nitrogen and oxygen atoms in total. The van der Waals surface area contributed by atoms with Gasteiger partial charge in [0, 0.05) is 16.9 Å². The fraction of sp³-hybridized carbons (Fsp3) is 0.667. The Morgan fingerprint density at radius 2 is 1.88 bits per heavy atom. The Bertz CT molecular complexity index is 928. The number of carbonyl (C=O) groups is 1. The summed E-state index contributed by atoms with van der Waals surface area (Å²) in [5.41, 5.74) is 0. The van der Waals surface area contributed by atoms with Crippen molar-refractivity contribution in [3.05, 3.63) is 40.9 Å². The lowest BCUT2D eigenvalue weighted by Crippen LogP contribution is -2.35. The molecule has 2 saturated carbocycles. The van der Waals surface area contributed by atoms with Gasteiger partial charge < -0.3 is 4.74 Å². The molecule has 0 radical (unpaired) electrons. The summed E-state index contributed by atoms with van der Waals surface area (Å²) in [4.78, 5) is 12.7. The molecule has 0 amide bonds. The van der Waals surface area contributed by atoms with Gasteiger partial charge in [-0.15, -0.1) is 0 Å². The summed E-state index contributed by atoms with van der Waals surface area (Å²) in [5, 5.41) is 0. The fourth-order valence-electron chi connectivity index (χ4n) is 5.33. The van der Waals surface area contributed by atoms with E-state index in [1.165, 1.54) is 6.42 Å². The van der Waals surface area contributed by atoms with Crippen LogP contribution in [0.5, 0.6) is 0 Å². The van der Waals surface area contributed by atoms with E-state index in [0.29, 0.717) is 35.0 Å². The number of sulfonamides is 1.